The number of amides is 1. The van der Waals surface area contributed by atoms with E-state index < -0.39 is 29.2 Å². The highest BCUT2D eigenvalue weighted by molar-refractivity contribution is 6.12. The van der Waals surface area contributed by atoms with Gasteiger partial charge in [-0.2, -0.15) is 13.2 Å². The normalized spacial score (nSPS) is 20.0. The lowest BCUT2D eigenvalue weighted by Crippen LogP contribution is -2.55. The van der Waals surface area contributed by atoms with Crippen LogP contribution in [0.4, 0.5) is 28.9 Å². The van der Waals surface area contributed by atoms with Gasteiger partial charge >= 0.3 is 6.18 Å². The van der Waals surface area contributed by atoms with E-state index in [0.29, 0.717) is 29.1 Å². The molecule has 1 aliphatic rings. The second-order valence-corrected chi connectivity index (χ2v) is 8.22. The van der Waals surface area contributed by atoms with Crippen LogP contribution in [-0.2, 0) is 6.18 Å². The van der Waals surface area contributed by atoms with Gasteiger partial charge in [0.2, 0.25) is 0 Å². The maximum atomic E-state index is 14.3. The summed E-state index contributed by atoms with van der Waals surface area (Å²) >= 11 is 0. The van der Waals surface area contributed by atoms with Gasteiger partial charge in [0.25, 0.3) is 5.91 Å². The van der Waals surface area contributed by atoms with Gasteiger partial charge in [-0.1, -0.05) is 6.07 Å². The van der Waals surface area contributed by atoms with Crippen molar-refractivity contribution in [3.05, 3.63) is 59.6 Å². The fraction of sp³-hybridized carbons (Fsp3) is 0.348. The number of hydrogen-bond acceptors (Lipinski definition) is 4. The minimum Gasteiger partial charge on any atom is -0.463 e. The van der Waals surface area contributed by atoms with Crippen LogP contribution in [0, 0.1) is 5.82 Å². The van der Waals surface area contributed by atoms with E-state index >= 15 is 0 Å². The minimum absolute atomic E-state index is 0.119. The molecule has 9 heteroatoms. The van der Waals surface area contributed by atoms with Crippen molar-refractivity contribution in [3.63, 3.8) is 0 Å². The molecule has 1 saturated heterocycles. The Bertz CT molecular complexity index is 1150. The maximum absolute atomic E-state index is 14.3. The molecule has 0 saturated carbocycles. The van der Waals surface area contributed by atoms with Crippen molar-refractivity contribution >= 4 is 28.3 Å². The van der Waals surface area contributed by atoms with Crippen LogP contribution in [0.5, 0.6) is 0 Å². The summed E-state index contributed by atoms with van der Waals surface area (Å²) in [6.07, 6.45) is -3.64. The summed E-state index contributed by atoms with van der Waals surface area (Å²) in [6.45, 7) is 5.89. The monoisotopic (exact) mass is 449 g/mol. The third-order valence-electron chi connectivity index (χ3n) is 6.08. The predicted octanol–water partition coefficient (Wildman–Crippen LogP) is 5.37. The number of nitrogens with one attached hydrogen (secondary N) is 1. The van der Waals surface area contributed by atoms with Gasteiger partial charge in [0, 0.05) is 36.2 Å². The second-order valence-electron chi connectivity index (χ2n) is 8.22. The molecular formula is C23H23F4N3O2. The van der Waals surface area contributed by atoms with E-state index in [1.807, 2.05) is 12.1 Å². The number of anilines is 2. The highest BCUT2D eigenvalue weighted by Crippen LogP contribution is 2.34. The summed E-state index contributed by atoms with van der Waals surface area (Å²) in [4.78, 5) is 17.3. The summed E-state index contributed by atoms with van der Waals surface area (Å²) in [5.74, 6) is -2.28. The quantitative estimate of drug-likeness (QED) is 0.546. The first-order valence-corrected chi connectivity index (χ1v) is 10.2. The number of hydrogen-bond donors (Lipinski definition) is 1. The largest absolute Gasteiger partial charge is 0.463 e. The lowest BCUT2D eigenvalue weighted by molar-refractivity contribution is -0.139. The highest BCUT2D eigenvalue weighted by atomic mass is 19.4. The average Bonchev–Trinajstić information content (AvgIpc) is 3.15. The van der Waals surface area contributed by atoms with Crippen molar-refractivity contribution in [1.82, 2.24) is 4.90 Å². The fourth-order valence-electron chi connectivity index (χ4n) is 4.04. The lowest BCUT2D eigenvalue weighted by Gasteiger charge is -2.43. The Morgan fingerprint density at radius 2 is 1.81 bits per heavy atom. The number of furan rings is 1. The molecule has 2 heterocycles. The smallest absolute Gasteiger partial charge is 0.419 e. The first-order valence-electron chi connectivity index (χ1n) is 10.2. The molecule has 170 valence electrons. The van der Waals surface area contributed by atoms with E-state index in [1.54, 1.807) is 6.07 Å². The number of carbonyl (C=O) groups excluding carboxylic acids is 1. The van der Waals surface area contributed by atoms with Crippen LogP contribution in [-0.4, -0.2) is 43.0 Å². The molecule has 0 spiro atoms. The molecule has 2 aromatic carbocycles. The first-order chi connectivity index (χ1) is 15.1. The zero-order valence-corrected chi connectivity index (χ0v) is 17.8. The number of likely N-dealkylation sites (N-methyl/N-ethyl adjacent to an activating group) is 1. The maximum Gasteiger partial charge on any atom is 0.419 e. The third-order valence-corrected chi connectivity index (χ3v) is 6.08. The Kier molecular flexibility index (Phi) is 5.62. The third kappa shape index (κ3) is 4.04. The molecule has 0 bridgehead atoms. The van der Waals surface area contributed by atoms with Crippen molar-refractivity contribution in [2.24, 2.45) is 0 Å². The molecule has 2 atom stereocenters. The number of rotatable bonds is 3. The van der Waals surface area contributed by atoms with Crippen molar-refractivity contribution in [3.8, 4) is 0 Å². The molecule has 3 aromatic rings. The zero-order valence-electron chi connectivity index (χ0n) is 17.8. The Morgan fingerprint density at radius 3 is 2.47 bits per heavy atom. The molecule has 32 heavy (non-hydrogen) atoms. The SMILES string of the molecule is CC1CN(c2ccc3occ(C(=O)Nc4cccc(C(F)(F)F)c4F)c3c2)CC(C)N1C. The Balaban J connectivity index is 1.63. The van der Waals surface area contributed by atoms with E-state index in [2.05, 4.69) is 36.0 Å². The molecular weight excluding hydrogens is 426 g/mol. The van der Waals surface area contributed by atoms with Gasteiger partial charge < -0.3 is 14.6 Å². The molecule has 1 N–H and O–H groups in total. The van der Waals surface area contributed by atoms with Crippen LogP contribution in [0.15, 0.2) is 47.1 Å². The van der Waals surface area contributed by atoms with Crippen LogP contribution >= 0.6 is 0 Å². The molecule has 5 nitrogen and oxygen atoms in total. The van der Waals surface area contributed by atoms with Crippen molar-refractivity contribution in [2.45, 2.75) is 32.1 Å². The van der Waals surface area contributed by atoms with Crippen molar-refractivity contribution < 1.29 is 26.8 Å². The van der Waals surface area contributed by atoms with E-state index in [1.165, 1.54) is 6.26 Å². The van der Waals surface area contributed by atoms with E-state index in [9.17, 15) is 22.4 Å². The van der Waals surface area contributed by atoms with Crippen LogP contribution in [0.3, 0.4) is 0 Å². The number of fused-ring (bicyclic) bond motifs is 1. The van der Waals surface area contributed by atoms with E-state index in [-0.39, 0.29) is 5.56 Å². The summed E-state index contributed by atoms with van der Waals surface area (Å²) in [5.41, 5.74) is -0.498. The molecule has 1 fully saturated rings. The van der Waals surface area contributed by atoms with Gasteiger partial charge in [-0.3, -0.25) is 9.69 Å². The molecule has 1 aromatic heterocycles. The molecule has 4 rings (SSSR count). The zero-order chi connectivity index (χ0) is 23.2. The molecule has 1 amide bonds. The molecule has 0 radical (unpaired) electrons. The van der Waals surface area contributed by atoms with Crippen molar-refractivity contribution in [2.75, 3.05) is 30.4 Å². The van der Waals surface area contributed by atoms with Gasteiger partial charge in [0.1, 0.15) is 11.8 Å². The number of benzene rings is 2. The molecule has 1 aliphatic heterocycles. The Morgan fingerprint density at radius 1 is 1.12 bits per heavy atom. The van der Waals surface area contributed by atoms with Crippen LogP contribution in [0.2, 0.25) is 0 Å². The number of carbonyl (C=O) groups is 1. The Labute approximate surface area is 182 Å². The standard InChI is InChI=1S/C23H23F4N3O2/c1-13-10-30(11-14(2)29(13)3)15-7-8-20-16(9-15)17(12-32-20)22(31)28-19-6-4-5-18(21(19)24)23(25,26)27/h4-9,12-14H,10-11H2,1-3H3,(H,28,31). The van der Waals surface area contributed by atoms with E-state index in [0.717, 1.165) is 30.9 Å². The van der Waals surface area contributed by atoms with Gasteiger partial charge in [-0.15, -0.1) is 0 Å². The Hall–Kier alpha value is -3.07. The first kappa shape index (κ1) is 22.1. The average molecular weight is 449 g/mol. The highest BCUT2D eigenvalue weighted by Gasteiger charge is 2.35. The summed E-state index contributed by atoms with van der Waals surface area (Å²) < 4.78 is 58.7. The second kappa shape index (κ2) is 8.12. The minimum atomic E-state index is -4.86. The molecule has 0 aliphatic carbocycles. The van der Waals surface area contributed by atoms with Gasteiger partial charge in [0.05, 0.1) is 16.8 Å². The number of alkyl halides is 3. The topological polar surface area (TPSA) is 48.7 Å². The van der Waals surface area contributed by atoms with Gasteiger partial charge in [-0.25, -0.2) is 4.39 Å². The van der Waals surface area contributed by atoms with Crippen molar-refractivity contribution in [1.29, 1.82) is 0 Å². The molecule has 2 unspecified atom stereocenters. The van der Waals surface area contributed by atoms with E-state index in [4.69, 9.17) is 4.42 Å². The summed E-state index contributed by atoms with van der Waals surface area (Å²) in [7, 11) is 2.08. The lowest BCUT2D eigenvalue weighted by atomic mass is 10.1. The van der Waals surface area contributed by atoms with Crippen LogP contribution in [0.1, 0.15) is 29.8 Å². The number of piperazine rings is 1. The summed E-state index contributed by atoms with van der Waals surface area (Å²) in [5, 5.41) is 2.75. The summed E-state index contributed by atoms with van der Waals surface area (Å²) in [6, 6.07) is 8.91. The number of halogens is 4. The van der Waals surface area contributed by atoms with Gasteiger partial charge in [0.15, 0.2) is 5.82 Å². The number of nitrogens with zero attached hydrogens (tertiary/aromatic N) is 2. The van der Waals surface area contributed by atoms with Crippen LogP contribution < -0.4 is 10.2 Å². The predicted molar refractivity (Wildman–Crippen MR) is 114 cm³/mol. The van der Waals surface area contributed by atoms with Gasteiger partial charge in [-0.05, 0) is 51.2 Å². The van der Waals surface area contributed by atoms with Crippen LogP contribution in [0.25, 0.3) is 11.0 Å². The fourth-order valence-corrected chi connectivity index (χ4v) is 4.04.